The number of rotatable bonds is 9. The first-order chi connectivity index (χ1) is 13.4. The predicted octanol–water partition coefficient (Wildman–Crippen LogP) is 2.07. The van der Waals surface area contributed by atoms with Crippen molar-refractivity contribution in [3.05, 3.63) is 60.2 Å². The van der Waals surface area contributed by atoms with E-state index in [4.69, 9.17) is 4.74 Å². The van der Waals surface area contributed by atoms with E-state index in [0.717, 1.165) is 24.3 Å². The molecule has 2 aromatic carbocycles. The molecule has 0 saturated carbocycles. The van der Waals surface area contributed by atoms with Gasteiger partial charge in [-0.1, -0.05) is 30.3 Å². The molecule has 0 aliphatic carbocycles. The van der Waals surface area contributed by atoms with E-state index in [0.29, 0.717) is 19.1 Å². The first kappa shape index (κ1) is 21.7. The summed E-state index contributed by atoms with van der Waals surface area (Å²) in [6.45, 7) is 1.89. The standard InChI is InChI=1S/C20H28N4O3S/c1-21-20(22-14-7-15-27-18-8-5-4-6-9-18)23-16-17-10-12-19(13-11-17)28(25,26)24(2)3/h4-6,8-13H,7,14-16H2,1-3H3,(H2,21,22,23). The van der Waals surface area contributed by atoms with Gasteiger partial charge in [-0.25, -0.2) is 12.7 Å². The Balaban J connectivity index is 1.73. The predicted molar refractivity (Wildman–Crippen MR) is 112 cm³/mol. The van der Waals surface area contributed by atoms with E-state index in [2.05, 4.69) is 15.6 Å². The maximum atomic E-state index is 12.1. The highest BCUT2D eigenvalue weighted by Gasteiger charge is 2.16. The van der Waals surface area contributed by atoms with Gasteiger partial charge in [-0.15, -0.1) is 0 Å². The third-order valence-electron chi connectivity index (χ3n) is 4.01. The van der Waals surface area contributed by atoms with Crippen molar-refractivity contribution >= 4 is 16.0 Å². The van der Waals surface area contributed by atoms with Crippen LogP contribution in [0.1, 0.15) is 12.0 Å². The number of para-hydroxylation sites is 1. The van der Waals surface area contributed by atoms with Gasteiger partial charge in [-0.3, -0.25) is 4.99 Å². The Morgan fingerprint density at radius 3 is 2.32 bits per heavy atom. The number of ether oxygens (including phenoxy) is 1. The van der Waals surface area contributed by atoms with Crippen LogP contribution in [0.25, 0.3) is 0 Å². The molecule has 0 spiro atoms. The zero-order valence-electron chi connectivity index (χ0n) is 16.6. The summed E-state index contributed by atoms with van der Waals surface area (Å²) >= 11 is 0. The highest BCUT2D eigenvalue weighted by atomic mass is 32.2. The normalized spacial score (nSPS) is 12.1. The molecule has 28 heavy (non-hydrogen) atoms. The van der Waals surface area contributed by atoms with Crippen molar-refractivity contribution in [1.82, 2.24) is 14.9 Å². The molecule has 0 amide bonds. The number of nitrogens with zero attached hydrogens (tertiary/aromatic N) is 2. The number of nitrogens with one attached hydrogen (secondary N) is 2. The Kier molecular flexibility index (Phi) is 8.28. The number of aliphatic imine (C=N–C) groups is 1. The van der Waals surface area contributed by atoms with Gasteiger partial charge < -0.3 is 15.4 Å². The van der Waals surface area contributed by atoms with Gasteiger partial charge in [0.15, 0.2) is 5.96 Å². The smallest absolute Gasteiger partial charge is 0.242 e. The second kappa shape index (κ2) is 10.7. The monoisotopic (exact) mass is 404 g/mol. The van der Waals surface area contributed by atoms with Crippen LogP contribution >= 0.6 is 0 Å². The number of hydrogen-bond acceptors (Lipinski definition) is 4. The van der Waals surface area contributed by atoms with Crippen molar-refractivity contribution in [2.45, 2.75) is 17.9 Å². The molecule has 2 aromatic rings. The summed E-state index contributed by atoms with van der Waals surface area (Å²) in [7, 11) is 1.35. The van der Waals surface area contributed by atoms with E-state index >= 15 is 0 Å². The van der Waals surface area contributed by atoms with Crippen molar-refractivity contribution in [2.24, 2.45) is 4.99 Å². The summed E-state index contributed by atoms with van der Waals surface area (Å²) in [5, 5.41) is 6.45. The molecule has 0 atom stereocenters. The van der Waals surface area contributed by atoms with Crippen LogP contribution in [0.5, 0.6) is 5.75 Å². The molecule has 8 heteroatoms. The minimum atomic E-state index is -3.40. The number of guanidine groups is 1. The fourth-order valence-electron chi connectivity index (χ4n) is 2.38. The SMILES string of the molecule is CN=C(NCCCOc1ccccc1)NCc1ccc(S(=O)(=O)N(C)C)cc1. The van der Waals surface area contributed by atoms with E-state index in [9.17, 15) is 8.42 Å². The summed E-state index contributed by atoms with van der Waals surface area (Å²) in [5.41, 5.74) is 0.966. The topological polar surface area (TPSA) is 83.0 Å². The van der Waals surface area contributed by atoms with Crippen LogP contribution in [0.15, 0.2) is 64.5 Å². The first-order valence-corrected chi connectivity index (χ1v) is 10.5. The Bertz CT molecular complexity index is 851. The Labute approximate surface area is 167 Å². The number of sulfonamides is 1. The molecule has 0 saturated heterocycles. The van der Waals surface area contributed by atoms with Crippen molar-refractivity contribution in [1.29, 1.82) is 0 Å². The van der Waals surface area contributed by atoms with Gasteiger partial charge in [0.25, 0.3) is 0 Å². The molecule has 0 unspecified atom stereocenters. The molecule has 0 aliphatic rings. The molecule has 7 nitrogen and oxygen atoms in total. The average molecular weight is 405 g/mol. The summed E-state index contributed by atoms with van der Waals surface area (Å²) in [4.78, 5) is 4.47. The number of benzene rings is 2. The summed E-state index contributed by atoms with van der Waals surface area (Å²) in [5.74, 6) is 1.55. The van der Waals surface area contributed by atoms with Gasteiger partial charge in [0.05, 0.1) is 11.5 Å². The van der Waals surface area contributed by atoms with E-state index in [-0.39, 0.29) is 4.90 Å². The van der Waals surface area contributed by atoms with Crippen molar-refractivity contribution in [3.8, 4) is 5.75 Å². The largest absolute Gasteiger partial charge is 0.494 e. The van der Waals surface area contributed by atoms with Crippen molar-refractivity contribution in [2.75, 3.05) is 34.3 Å². The molecular weight excluding hydrogens is 376 g/mol. The quantitative estimate of drug-likeness (QED) is 0.380. The summed E-state index contributed by atoms with van der Waals surface area (Å²) < 4.78 is 31.0. The van der Waals surface area contributed by atoms with Gasteiger partial charge >= 0.3 is 0 Å². The highest BCUT2D eigenvalue weighted by molar-refractivity contribution is 7.89. The van der Waals surface area contributed by atoms with Crippen LogP contribution < -0.4 is 15.4 Å². The molecule has 0 bridgehead atoms. The van der Waals surface area contributed by atoms with Gasteiger partial charge in [-0.05, 0) is 36.2 Å². The zero-order chi connectivity index (χ0) is 20.4. The zero-order valence-corrected chi connectivity index (χ0v) is 17.4. The number of hydrogen-bond donors (Lipinski definition) is 2. The molecular formula is C20H28N4O3S. The van der Waals surface area contributed by atoms with Crippen LogP contribution in [-0.4, -0.2) is 53.0 Å². The van der Waals surface area contributed by atoms with Crippen LogP contribution in [0.4, 0.5) is 0 Å². The molecule has 0 fully saturated rings. The maximum Gasteiger partial charge on any atom is 0.242 e. The molecule has 0 aliphatic heterocycles. The van der Waals surface area contributed by atoms with Gasteiger partial charge in [0.2, 0.25) is 10.0 Å². The van der Waals surface area contributed by atoms with Gasteiger partial charge in [0, 0.05) is 34.2 Å². The summed E-state index contributed by atoms with van der Waals surface area (Å²) in [6.07, 6.45) is 0.840. The molecule has 0 aromatic heterocycles. The fourth-order valence-corrected chi connectivity index (χ4v) is 3.28. The first-order valence-electron chi connectivity index (χ1n) is 9.07. The lowest BCUT2D eigenvalue weighted by Crippen LogP contribution is -2.37. The van der Waals surface area contributed by atoms with Crippen LogP contribution in [0.2, 0.25) is 0 Å². The average Bonchev–Trinajstić information content (AvgIpc) is 2.71. The van der Waals surface area contributed by atoms with Crippen LogP contribution in [-0.2, 0) is 16.6 Å². The van der Waals surface area contributed by atoms with E-state index in [1.54, 1.807) is 31.3 Å². The highest BCUT2D eigenvalue weighted by Crippen LogP contribution is 2.14. The van der Waals surface area contributed by atoms with Gasteiger partial charge in [-0.2, -0.15) is 0 Å². The van der Waals surface area contributed by atoms with Gasteiger partial charge in [0.1, 0.15) is 5.75 Å². The molecule has 0 heterocycles. The molecule has 2 N–H and O–H groups in total. The fraction of sp³-hybridized carbons (Fsp3) is 0.350. The maximum absolute atomic E-state index is 12.1. The van der Waals surface area contributed by atoms with Crippen molar-refractivity contribution < 1.29 is 13.2 Å². The minimum Gasteiger partial charge on any atom is -0.494 e. The van der Waals surface area contributed by atoms with E-state index in [1.165, 1.54) is 18.4 Å². The Morgan fingerprint density at radius 2 is 1.71 bits per heavy atom. The van der Waals surface area contributed by atoms with Crippen LogP contribution in [0, 0.1) is 0 Å². The van der Waals surface area contributed by atoms with E-state index < -0.39 is 10.0 Å². The third-order valence-corrected chi connectivity index (χ3v) is 5.84. The molecule has 2 rings (SSSR count). The Hall–Kier alpha value is -2.58. The molecule has 0 radical (unpaired) electrons. The molecule has 152 valence electrons. The lowest BCUT2D eigenvalue weighted by atomic mass is 10.2. The van der Waals surface area contributed by atoms with Crippen LogP contribution in [0.3, 0.4) is 0 Å². The second-order valence-corrected chi connectivity index (χ2v) is 8.45. The van der Waals surface area contributed by atoms with E-state index in [1.807, 2.05) is 30.3 Å². The minimum absolute atomic E-state index is 0.280. The summed E-state index contributed by atoms with van der Waals surface area (Å²) in [6, 6.07) is 16.5. The Morgan fingerprint density at radius 1 is 1.04 bits per heavy atom. The lowest BCUT2D eigenvalue weighted by molar-refractivity contribution is 0.311. The third kappa shape index (κ3) is 6.54. The lowest BCUT2D eigenvalue weighted by Gasteiger charge is -2.13. The van der Waals surface area contributed by atoms with Crippen molar-refractivity contribution in [3.63, 3.8) is 0 Å². The second-order valence-electron chi connectivity index (χ2n) is 6.30.